The average molecular weight is 250 g/mol. The Bertz CT molecular complexity index is 407. The van der Waals surface area contributed by atoms with Gasteiger partial charge >= 0.3 is 0 Å². The van der Waals surface area contributed by atoms with Crippen LogP contribution in [0.3, 0.4) is 0 Å². The Morgan fingerprint density at radius 1 is 1.44 bits per heavy atom. The molecule has 1 aliphatic rings. The van der Waals surface area contributed by atoms with Crippen LogP contribution in [0.4, 0.5) is 0 Å². The molecule has 0 aromatic heterocycles. The predicted molar refractivity (Wildman–Crippen MR) is 71.7 cm³/mol. The molecule has 0 saturated carbocycles. The normalized spacial score (nSPS) is 18.1. The van der Waals surface area contributed by atoms with Gasteiger partial charge in [-0.25, -0.2) is 0 Å². The molecule has 18 heavy (non-hydrogen) atoms. The van der Waals surface area contributed by atoms with E-state index >= 15 is 0 Å². The van der Waals surface area contributed by atoms with Gasteiger partial charge < -0.3 is 20.5 Å². The van der Waals surface area contributed by atoms with E-state index in [2.05, 4.69) is 6.07 Å². The van der Waals surface area contributed by atoms with Gasteiger partial charge in [-0.3, -0.25) is 0 Å². The second kappa shape index (κ2) is 5.69. The second-order valence-corrected chi connectivity index (χ2v) is 5.03. The van der Waals surface area contributed by atoms with Crippen molar-refractivity contribution in [2.24, 2.45) is 5.73 Å². The SMILES string of the molecule is CN(C)C(c1ccc2c(c1)CCCO2)C(O)CN. The van der Waals surface area contributed by atoms with E-state index in [9.17, 15) is 5.11 Å². The standard InChI is InChI=1S/C14H22N2O2/c1-16(2)14(12(17)9-15)11-5-6-13-10(8-11)4-3-7-18-13/h5-6,8,12,14,17H,3-4,7,9,15H2,1-2H3. The molecule has 1 aromatic carbocycles. The minimum Gasteiger partial charge on any atom is -0.493 e. The van der Waals surface area contributed by atoms with Crippen molar-refractivity contribution in [2.75, 3.05) is 27.2 Å². The Hall–Kier alpha value is -1.10. The molecule has 2 unspecified atom stereocenters. The fourth-order valence-corrected chi connectivity index (χ4v) is 2.56. The monoisotopic (exact) mass is 250 g/mol. The molecule has 0 saturated heterocycles. The molecule has 0 bridgehead atoms. The third-order valence-corrected chi connectivity index (χ3v) is 3.44. The molecule has 2 rings (SSSR count). The lowest BCUT2D eigenvalue weighted by atomic mass is 9.95. The summed E-state index contributed by atoms with van der Waals surface area (Å²) < 4.78 is 5.60. The van der Waals surface area contributed by atoms with Crippen molar-refractivity contribution in [1.82, 2.24) is 4.90 Å². The van der Waals surface area contributed by atoms with E-state index in [0.29, 0.717) is 0 Å². The number of ether oxygens (including phenoxy) is 1. The molecule has 100 valence electrons. The molecule has 3 N–H and O–H groups in total. The number of nitrogens with zero attached hydrogens (tertiary/aromatic N) is 1. The number of aryl methyl sites for hydroxylation is 1. The number of benzene rings is 1. The van der Waals surface area contributed by atoms with Gasteiger partial charge in [-0.1, -0.05) is 12.1 Å². The molecule has 1 aliphatic heterocycles. The first-order chi connectivity index (χ1) is 8.63. The summed E-state index contributed by atoms with van der Waals surface area (Å²) in [6.07, 6.45) is 1.55. The van der Waals surface area contributed by atoms with Gasteiger partial charge in [0.15, 0.2) is 0 Å². The molecule has 4 heteroatoms. The summed E-state index contributed by atoms with van der Waals surface area (Å²) in [5, 5.41) is 10.0. The van der Waals surface area contributed by atoms with Crippen LogP contribution in [0.2, 0.25) is 0 Å². The van der Waals surface area contributed by atoms with Crippen LogP contribution >= 0.6 is 0 Å². The van der Waals surface area contributed by atoms with E-state index in [1.54, 1.807) is 0 Å². The summed E-state index contributed by atoms with van der Waals surface area (Å²) >= 11 is 0. The van der Waals surface area contributed by atoms with Gasteiger partial charge in [-0.05, 0) is 44.1 Å². The lowest BCUT2D eigenvalue weighted by molar-refractivity contribution is 0.0822. The summed E-state index contributed by atoms with van der Waals surface area (Å²) in [7, 11) is 3.92. The molecule has 0 fully saturated rings. The Morgan fingerprint density at radius 2 is 2.22 bits per heavy atom. The van der Waals surface area contributed by atoms with Crippen LogP contribution < -0.4 is 10.5 Å². The van der Waals surface area contributed by atoms with Gasteiger partial charge in [0.2, 0.25) is 0 Å². The number of hydrogen-bond donors (Lipinski definition) is 2. The van der Waals surface area contributed by atoms with Gasteiger partial charge in [0.25, 0.3) is 0 Å². The number of fused-ring (bicyclic) bond motifs is 1. The van der Waals surface area contributed by atoms with Crippen molar-refractivity contribution in [3.05, 3.63) is 29.3 Å². The average Bonchev–Trinajstić information content (AvgIpc) is 2.38. The molecule has 1 heterocycles. The first-order valence-electron chi connectivity index (χ1n) is 6.43. The predicted octanol–water partition coefficient (Wildman–Crippen LogP) is 0.934. The Balaban J connectivity index is 2.30. The number of likely N-dealkylation sites (N-methyl/N-ethyl adjacent to an activating group) is 1. The number of aliphatic hydroxyl groups is 1. The zero-order valence-corrected chi connectivity index (χ0v) is 11.1. The Morgan fingerprint density at radius 3 is 2.89 bits per heavy atom. The smallest absolute Gasteiger partial charge is 0.122 e. The number of hydrogen-bond acceptors (Lipinski definition) is 4. The molecule has 2 atom stereocenters. The maximum Gasteiger partial charge on any atom is 0.122 e. The maximum atomic E-state index is 10.0. The number of aliphatic hydroxyl groups excluding tert-OH is 1. The summed E-state index contributed by atoms with van der Waals surface area (Å²) in [4.78, 5) is 2.00. The minimum absolute atomic E-state index is 0.0674. The van der Waals surface area contributed by atoms with Crippen LogP contribution in [0.5, 0.6) is 5.75 Å². The molecule has 0 amide bonds. The molecular weight excluding hydrogens is 228 g/mol. The third-order valence-electron chi connectivity index (χ3n) is 3.44. The second-order valence-electron chi connectivity index (χ2n) is 5.03. The highest BCUT2D eigenvalue weighted by Crippen LogP contribution is 2.30. The van der Waals surface area contributed by atoms with E-state index in [1.807, 2.05) is 31.1 Å². The first kappa shape index (κ1) is 13.3. The summed E-state index contributed by atoms with van der Waals surface area (Å²) in [5.41, 5.74) is 7.92. The van der Waals surface area contributed by atoms with E-state index < -0.39 is 6.10 Å². The van der Waals surface area contributed by atoms with Crippen molar-refractivity contribution in [3.8, 4) is 5.75 Å². The van der Waals surface area contributed by atoms with Gasteiger partial charge in [-0.15, -0.1) is 0 Å². The topological polar surface area (TPSA) is 58.7 Å². The Labute approximate surface area is 108 Å². The van der Waals surface area contributed by atoms with Gasteiger partial charge in [0.05, 0.1) is 18.8 Å². The number of rotatable bonds is 4. The van der Waals surface area contributed by atoms with Gasteiger partial charge in [-0.2, -0.15) is 0 Å². The molecule has 0 spiro atoms. The van der Waals surface area contributed by atoms with E-state index in [0.717, 1.165) is 30.8 Å². The van der Waals surface area contributed by atoms with E-state index in [1.165, 1.54) is 5.56 Å². The van der Waals surface area contributed by atoms with Crippen molar-refractivity contribution in [3.63, 3.8) is 0 Å². The van der Waals surface area contributed by atoms with Crippen LogP contribution in [0, 0.1) is 0 Å². The van der Waals surface area contributed by atoms with Crippen LogP contribution in [0.15, 0.2) is 18.2 Å². The van der Waals surface area contributed by atoms with E-state index in [4.69, 9.17) is 10.5 Å². The molecule has 0 aliphatic carbocycles. The van der Waals surface area contributed by atoms with Crippen molar-refractivity contribution >= 4 is 0 Å². The number of nitrogens with two attached hydrogens (primary N) is 1. The highest BCUT2D eigenvalue weighted by molar-refractivity contribution is 5.40. The van der Waals surface area contributed by atoms with Gasteiger partial charge in [0.1, 0.15) is 5.75 Å². The van der Waals surface area contributed by atoms with Crippen LogP contribution in [0.1, 0.15) is 23.6 Å². The van der Waals surface area contributed by atoms with Gasteiger partial charge in [0, 0.05) is 6.54 Å². The first-order valence-corrected chi connectivity index (χ1v) is 6.43. The molecule has 4 nitrogen and oxygen atoms in total. The lowest BCUT2D eigenvalue weighted by Gasteiger charge is -2.30. The summed E-state index contributed by atoms with van der Waals surface area (Å²) in [6, 6.07) is 6.09. The zero-order valence-electron chi connectivity index (χ0n) is 11.1. The fourth-order valence-electron chi connectivity index (χ4n) is 2.56. The largest absolute Gasteiger partial charge is 0.493 e. The van der Waals surface area contributed by atoms with Crippen LogP contribution in [-0.2, 0) is 6.42 Å². The van der Waals surface area contributed by atoms with Crippen molar-refractivity contribution in [1.29, 1.82) is 0 Å². The fraction of sp³-hybridized carbons (Fsp3) is 0.571. The summed E-state index contributed by atoms with van der Waals surface area (Å²) in [6.45, 7) is 1.06. The van der Waals surface area contributed by atoms with Crippen LogP contribution in [0.25, 0.3) is 0 Å². The van der Waals surface area contributed by atoms with Crippen molar-refractivity contribution < 1.29 is 9.84 Å². The van der Waals surface area contributed by atoms with E-state index in [-0.39, 0.29) is 12.6 Å². The quantitative estimate of drug-likeness (QED) is 0.835. The minimum atomic E-state index is -0.553. The van der Waals surface area contributed by atoms with Crippen molar-refractivity contribution in [2.45, 2.75) is 25.0 Å². The Kier molecular flexibility index (Phi) is 4.22. The molecule has 1 aromatic rings. The molecular formula is C14H22N2O2. The third kappa shape index (κ3) is 2.66. The highest BCUT2D eigenvalue weighted by Gasteiger charge is 2.23. The maximum absolute atomic E-state index is 10.0. The van der Waals surface area contributed by atoms with Crippen LogP contribution in [-0.4, -0.2) is 43.4 Å². The summed E-state index contributed by atoms with van der Waals surface area (Å²) in [5.74, 6) is 0.977. The lowest BCUT2D eigenvalue weighted by Crippen LogP contribution is -2.36. The highest BCUT2D eigenvalue weighted by atomic mass is 16.5. The molecule has 0 radical (unpaired) electrons. The zero-order chi connectivity index (χ0) is 13.1.